The molecule has 0 heterocycles. The van der Waals surface area contributed by atoms with Gasteiger partial charge in [-0.25, -0.2) is 8.78 Å². The van der Waals surface area contributed by atoms with Crippen molar-refractivity contribution in [3.63, 3.8) is 0 Å². The van der Waals surface area contributed by atoms with Crippen LogP contribution in [-0.2, 0) is 0 Å². The summed E-state index contributed by atoms with van der Waals surface area (Å²) in [6.45, 7) is 0. The summed E-state index contributed by atoms with van der Waals surface area (Å²) >= 11 is 3.25. The molecule has 1 aromatic carbocycles. The summed E-state index contributed by atoms with van der Waals surface area (Å²) in [7, 11) is 0. The Bertz CT molecular complexity index is 278. The summed E-state index contributed by atoms with van der Waals surface area (Å²) in [6.07, 6.45) is -2.65. The lowest BCUT2D eigenvalue weighted by Crippen LogP contribution is -2.13. The van der Waals surface area contributed by atoms with Crippen molar-refractivity contribution in [2.24, 2.45) is 5.73 Å². The van der Waals surface area contributed by atoms with E-state index in [1.165, 1.54) is 0 Å². The predicted octanol–water partition coefficient (Wildman–Crippen LogP) is 3.10. The zero-order chi connectivity index (χ0) is 9.84. The van der Waals surface area contributed by atoms with E-state index in [4.69, 9.17) is 5.73 Å². The Balaban J connectivity index is 2.71. The third-order valence-electron chi connectivity index (χ3n) is 1.71. The van der Waals surface area contributed by atoms with Crippen LogP contribution in [0.1, 0.15) is 18.0 Å². The van der Waals surface area contributed by atoms with Crippen LogP contribution in [0.2, 0.25) is 0 Å². The number of nitrogens with two attached hydrogens (primary N) is 1. The maximum absolute atomic E-state index is 12.0. The van der Waals surface area contributed by atoms with Crippen LogP contribution in [-0.4, -0.2) is 6.43 Å². The number of halogens is 3. The molecule has 0 saturated heterocycles. The lowest BCUT2D eigenvalue weighted by Gasteiger charge is -2.11. The molecule has 1 atom stereocenters. The van der Waals surface area contributed by atoms with Crippen LogP contribution in [0.3, 0.4) is 0 Å². The number of hydrogen-bond donors (Lipinski definition) is 1. The van der Waals surface area contributed by atoms with Gasteiger partial charge in [0.25, 0.3) is 0 Å². The highest BCUT2D eigenvalue weighted by Gasteiger charge is 2.12. The predicted molar refractivity (Wildman–Crippen MR) is 51.7 cm³/mol. The van der Waals surface area contributed by atoms with Crippen LogP contribution in [0.15, 0.2) is 28.7 Å². The molecule has 0 aliphatic heterocycles. The molecule has 1 nitrogen and oxygen atoms in total. The van der Waals surface area contributed by atoms with Gasteiger partial charge >= 0.3 is 0 Å². The van der Waals surface area contributed by atoms with Crippen LogP contribution in [0.25, 0.3) is 0 Å². The first-order valence-corrected chi connectivity index (χ1v) is 4.68. The maximum atomic E-state index is 12.0. The Kier molecular flexibility index (Phi) is 3.81. The minimum Gasteiger partial charge on any atom is -0.324 e. The van der Waals surface area contributed by atoms with E-state index in [-0.39, 0.29) is 6.42 Å². The maximum Gasteiger partial charge on any atom is 0.240 e. The highest BCUT2D eigenvalue weighted by molar-refractivity contribution is 9.10. The van der Waals surface area contributed by atoms with E-state index in [2.05, 4.69) is 15.9 Å². The summed E-state index contributed by atoms with van der Waals surface area (Å²) in [5.74, 6) is 0. The lowest BCUT2D eigenvalue weighted by molar-refractivity contribution is 0.128. The van der Waals surface area contributed by atoms with Crippen LogP contribution in [0.4, 0.5) is 8.78 Å². The van der Waals surface area contributed by atoms with Crippen LogP contribution in [0, 0.1) is 0 Å². The van der Waals surface area contributed by atoms with Gasteiger partial charge in [0.1, 0.15) is 0 Å². The summed E-state index contributed by atoms with van der Waals surface area (Å²) in [5, 5.41) is 0. The molecule has 0 unspecified atom stereocenters. The molecule has 72 valence electrons. The first-order valence-electron chi connectivity index (χ1n) is 3.89. The van der Waals surface area contributed by atoms with Crippen LogP contribution < -0.4 is 5.73 Å². The van der Waals surface area contributed by atoms with E-state index in [1.54, 1.807) is 18.2 Å². The van der Waals surface area contributed by atoms with E-state index in [9.17, 15) is 8.78 Å². The molecular formula is C9H10BrF2N. The molecule has 0 aromatic heterocycles. The van der Waals surface area contributed by atoms with Gasteiger partial charge in [-0.05, 0) is 17.7 Å². The first kappa shape index (κ1) is 10.6. The van der Waals surface area contributed by atoms with Crippen molar-refractivity contribution >= 4 is 15.9 Å². The van der Waals surface area contributed by atoms with Crippen molar-refractivity contribution < 1.29 is 8.78 Å². The SMILES string of the molecule is N[C@@H](CC(F)F)c1cccc(Br)c1. The average molecular weight is 250 g/mol. The summed E-state index contributed by atoms with van der Waals surface area (Å²) in [6, 6.07) is 6.53. The summed E-state index contributed by atoms with van der Waals surface area (Å²) in [5.41, 5.74) is 6.30. The second-order valence-electron chi connectivity index (χ2n) is 2.79. The fourth-order valence-electron chi connectivity index (χ4n) is 1.07. The van der Waals surface area contributed by atoms with E-state index < -0.39 is 12.5 Å². The molecule has 4 heteroatoms. The van der Waals surface area contributed by atoms with Crippen molar-refractivity contribution in [3.05, 3.63) is 34.3 Å². The zero-order valence-electron chi connectivity index (χ0n) is 6.88. The Morgan fingerprint density at radius 2 is 2.08 bits per heavy atom. The molecule has 13 heavy (non-hydrogen) atoms. The van der Waals surface area contributed by atoms with Gasteiger partial charge in [0, 0.05) is 16.9 Å². The van der Waals surface area contributed by atoms with Crippen molar-refractivity contribution in [2.45, 2.75) is 18.9 Å². The lowest BCUT2D eigenvalue weighted by atomic mass is 10.1. The van der Waals surface area contributed by atoms with Gasteiger partial charge in [-0.2, -0.15) is 0 Å². The van der Waals surface area contributed by atoms with Crippen molar-refractivity contribution in [1.82, 2.24) is 0 Å². The number of benzene rings is 1. The fraction of sp³-hybridized carbons (Fsp3) is 0.333. The monoisotopic (exact) mass is 249 g/mol. The van der Waals surface area contributed by atoms with Gasteiger partial charge in [0.2, 0.25) is 6.43 Å². The first-order chi connectivity index (χ1) is 6.09. The number of alkyl halides is 2. The second kappa shape index (κ2) is 4.67. The molecule has 0 spiro atoms. The van der Waals surface area contributed by atoms with Gasteiger partial charge in [0.05, 0.1) is 0 Å². The minimum absolute atomic E-state index is 0.295. The molecule has 1 aromatic rings. The van der Waals surface area contributed by atoms with Crippen molar-refractivity contribution in [2.75, 3.05) is 0 Å². The molecular weight excluding hydrogens is 240 g/mol. The smallest absolute Gasteiger partial charge is 0.240 e. The van der Waals surface area contributed by atoms with Gasteiger partial charge < -0.3 is 5.73 Å². The summed E-state index contributed by atoms with van der Waals surface area (Å²) < 4.78 is 24.8. The molecule has 0 amide bonds. The molecule has 0 aliphatic rings. The molecule has 2 N–H and O–H groups in total. The van der Waals surface area contributed by atoms with Gasteiger partial charge in [-0.3, -0.25) is 0 Å². The molecule has 0 aliphatic carbocycles. The fourth-order valence-corrected chi connectivity index (χ4v) is 1.48. The number of rotatable bonds is 3. The molecule has 0 bridgehead atoms. The Morgan fingerprint density at radius 1 is 1.38 bits per heavy atom. The van der Waals surface area contributed by atoms with Crippen molar-refractivity contribution in [1.29, 1.82) is 0 Å². The van der Waals surface area contributed by atoms with E-state index in [1.807, 2.05) is 6.07 Å². The van der Waals surface area contributed by atoms with E-state index >= 15 is 0 Å². The average Bonchev–Trinajstić information content (AvgIpc) is 2.03. The molecule has 0 fully saturated rings. The Hall–Kier alpha value is -0.480. The quantitative estimate of drug-likeness (QED) is 0.876. The van der Waals surface area contributed by atoms with Crippen molar-refractivity contribution in [3.8, 4) is 0 Å². The topological polar surface area (TPSA) is 26.0 Å². The van der Waals surface area contributed by atoms with E-state index in [0.29, 0.717) is 0 Å². The molecule has 0 radical (unpaired) electrons. The van der Waals surface area contributed by atoms with Gasteiger partial charge in [-0.1, -0.05) is 28.1 Å². The normalized spacial score (nSPS) is 13.3. The highest BCUT2D eigenvalue weighted by atomic mass is 79.9. The van der Waals surface area contributed by atoms with Gasteiger partial charge in [-0.15, -0.1) is 0 Å². The third kappa shape index (κ3) is 3.40. The highest BCUT2D eigenvalue weighted by Crippen LogP contribution is 2.21. The number of hydrogen-bond acceptors (Lipinski definition) is 1. The largest absolute Gasteiger partial charge is 0.324 e. The zero-order valence-corrected chi connectivity index (χ0v) is 8.47. The van der Waals surface area contributed by atoms with Crippen LogP contribution in [0.5, 0.6) is 0 Å². The van der Waals surface area contributed by atoms with Crippen LogP contribution >= 0.6 is 15.9 Å². The second-order valence-corrected chi connectivity index (χ2v) is 3.70. The molecule has 1 rings (SSSR count). The third-order valence-corrected chi connectivity index (χ3v) is 2.20. The summed E-state index contributed by atoms with van der Waals surface area (Å²) in [4.78, 5) is 0. The molecule has 0 saturated carbocycles. The Morgan fingerprint density at radius 3 is 2.62 bits per heavy atom. The standard InChI is InChI=1S/C9H10BrF2N/c10-7-3-1-2-6(4-7)8(13)5-9(11)12/h1-4,8-9H,5,13H2/t8-/m0/s1. The van der Waals surface area contributed by atoms with E-state index in [0.717, 1.165) is 10.0 Å². The minimum atomic E-state index is -2.35. The van der Waals surface area contributed by atoms with Gasteiger partial charge in [0.15, 0.2) is 0 Å². The Labute approximate surface area is 84.1 Å².